The van der Waals surface area contributed by atoms with Crippen LogP contribution in [0.15, 0.2) is 15.9 Å². The zero-order valence-electron chi connectivity index (χ0n) is 10.1. The van der Waals surface area contributed by atoms with Gasteiger partial charge in [0.05, 0.1) is 6.33 Å². The minimum Gasteiger partial charge on any atom is -0.328 e. The molecule has 2 rings (SSSR count). The summed E-state index contributed by atoms with van der Waals surface area (Å²) >= 11 is 0. The van der Waals surface area contributed by atoms with E-state index in [0.29, 0.717) is 11.2 Å². The van der Waals surface area contributed by atoms with Gasteiger partial charge in [0.1, 0.15) is 0 Å². The Morgan fingerprint density at radius 1 is 1.05 bits per heavy atom. The fourth-order valence-corrected chi connectivity index (χ4v) is 1.47. The van der Waals surface area contributed by atoms with Crippen LogP contribution >= 0.6 is 40.4 Å². The van der Waals surface area contributed by atoms with Crippen molar-refractivity contribution in [2.45, 2.75) is 0 Å². The first-order valence-electron chi connectivity index (χ1n) is 4.73. The SMILES string of the molecule is Cl[Se](Cl)(Cl)Cl.Cn1c(=O)c2c(ncn2C)n(C)c1=O. The van der Waals surface area contributed by atoms with Gasteiger partial charge in [-0.3, -0.25) is 13.9 Å². The van der Waals surface area contributed by atoms with Crippen LogP contribution in [-0.4, -0.2) is 27.9 Å². The van der Waals surface area contributed by atoms with Crippen LogP contribution in [-0.2, 0) is 21.1 Å². The summed E-state index contributed by atoms with van der Waals surface area (Å²) in [6.07, 6.45) is 1.52. The quantitative estimate of drug-likeness (QED) is 0.611. The monoisotopic (exact) mass is 414 g/mol. The minimum absolute atomic E-state index is 0.317. The topological polar surface area (TPSA) is 61.8 Å². The van der Waals surface area contributed by atoms with Gasteiger partial charge in [0, 0.05) is 21.1 Å². The van der Waals surface area contributed by atoms with Gasteiger partial charge in [-0.1, -0.05) is 0 Å². The summed E-state index contributed by atoms with van der Waals surface area (Å²) in [7, 11) is 21.8. The molecule has 6 nitrogen and oxygen atoms in total. The van der Waals surface area contributed by atoms with Gasteiger partial charge in [-0.05, 0) is 0 Å². The smallest absolute Gasteiger partial charge is 0.328 e. The predicted molar refractivity (Wildman–Crippen MR) is 80.4 cm³/mol. The van der Waals surface area contributed by atoms with Gasteiger partial charge in [-0.25, -0.2) is 9.78 Å². The Morgan fingerprint density at radius 3 is 2.00 bits per heavy atom. The van der Waals surface area contributed by atoms with E-state index in [2.05, 4.69) is 4.98 Å². The molecule has 0 bridgehead atoms. The van der Waals surface area contributed by atoms with Crippen molar-refractivity contribution in [2.24, 2.45) is 21.1 Å². The van der Waals surface area contributed by atoms with Gasteiger partial charge in [0.15, 0.2) is 11.2 Å². The van der Waals surface area contributed by atoms with Crippen molar-refractivity contribution in [3.63, 3.8) is 0 Å². The number of halogens is 4. The van der Waals surface area contributed by atoms with Crippen LogP contribution in [0.25, 0.3) is 11.2 Å². The van der Waals surface area contributed by atoms with Crippen molar-refractivity contribution in [2.75, 3.05) is 0 Å². The van der Waals surface area contributed by atoms with Crippen LogP contribution in [0.1, 0.15) is 0 Å². The Hall–Kier alpha value is -0.171. The fraction of sp³-hybridized carbons (Fsp3) is 0.375. The van der Waals surface area contributed by atoms with Gasteiger partial charge < -0.3 is 4.57 Å². The Morgan fingerprint density at radius 2 is 1.53 bits per heavy atom. The normalized spacial score (nSPS) is 12.2. The predicted octanol–water partition coefficient (Wildman–Crippen LogP) is 1.35. The van der Waals surface area contributed by atoms with E-state index in [1.165, 1.54) is 17.9 Å². The van der Waals surface area contributed by atoms with Crippen molar-refractivity contribution in [1.82, 2.24) is 18.7 Å². The molecule has 0 aliphatic carbocycles. The van der Waals surface area contributed by atoms with Crippen molar-refractivity contribution >= 4 is 60.8 Å². The molecule has 0 saturated carbocycles. The average Bonchev–Trinajstić information content (AvgIpc) is 2.63. The number of hydrogen-bond donors (Lipinski definition) is 0. The van der Waals surface area contributed by atoms with E-state index in [1.807, 2.05) is 0 Å². The largest absolute Gasteiger partial charge is 0.332 e. The first kappa shape index (κ1) is 16.9. The third-order valence-electron chi connectivity index (χ3n) is 2.32. The average molecular weight is 415 g/mol. The standard InChI is InChI=1S/C8H10N4O2.Cl4Se/c1-10-4-9-6-5(10)7(13)12(3)8(14)11(6)2;1-5(2,3)4/h4H,1-3H3;. The van der Waals surface area contributed by atoms with Crippen molar-refractivity contribution in [3.8, 4) is 0 Å². The van der Waals surface area contributed by atoms with Crippen LogP contribution in [0.4, 0.5) is 0 Å². The Labute approximate surface area is 127 Å². The van der Waals surface area contributed by atoms with E-state index in [9.17, 15) is 9.59 Å². The van der Waals surface area contributed by atoms with Crippen LogP contribution in [0.5, 0.6) is 0 Å². The summed E-state index contributed by atoms with van der Waals surface area (Å²) in [6.45, 7) is 0. The maximum absolute atomic E-state index is 11.7. The van der Waals surface area contributed by atoms with Crippen LogP contribution < -0.4 is 11.2 Å². The molecule has 0 fully saturated rings. The van der Waals surface area contributed by atoms with E-state index >= 15 is 0 Å². The van der Waals surface area contributed by atoms with Crippen molar-refractivity contribution in [1.29, 1.82) is 0 Å². The van der Waals surface area contributed by atoms with Gasteiger partial charge in [-0.15, -0.1) is 0 Å². The number of aromatic nitrogens is 4. The van der Waals surface area contributed by atoms with E-state index in [0.717, 1.165) is 4.57 Å². The number of aryl methyl sites for hydroxylation is 2. The first-order valence-corrected chi connectivity index (χ1v) is 13.7. The van der Waals surface area contributed by atoms with E-state index in [-0.39, 0.29) is 11.2 Å². The van der Waals surface area contributed by atoms with Gasteiger partial charge in [0.2, 0.25) is 0 Å². The molecule has 0 unspecified atom stereocenters. The molecule has 0 amide bonds. The summed E-state index contributed by atoms with van der Waals surface area (Å²) in [4.78, 5) is 27.2. The summed E-state index contributed by atoms with van der Waals surface area (Å²) in [5, 5.41) is 0. The minimum atomic E-state index is -2.86. The summed E-state index contributed by atoms with van der Waals surface area (Å²) < 4.78 is 4.04. The molecule has 2 aromatic rings. The molecule has 0 radical (unpaired) electrons. The van der Waals surface area contributed by atoms with Gasteiger partial charge in [0.25, 0.3) is 5.56 Å². The molecular weight excluding hydrogens is 405 g/mol. The summed E-state index contributed by atoms with van der Waals surface area (Å²) in [5.41, 5.74) is 0.180. The number of nitrogens with zero attached hydrogens (tertiary/aromatic N) is 4. The second-order valence-electron chi connectivity index (χ2n) is 3.58. The maximum Gasteiger partial charge on any atom is 0.332 e. The number of hydrogen-bond acceptors (Lipinski definition) is 3. The molecule has 0 aliphatic heterocycles. The zero-order chi connectivity index (χ0) is 15.0. The second-order valence-corrected chi connectivity index (χ2v) is 19.6. The van der Waals surface area contributed by atoms with Gasteiger partial charge >= 0.3 is 55.3 Å². The van der Waals surface area contributed by atoms with E-state index < -0.39 is 9.20 Å². The first-order chi connectivity index (χ1) is 8.54. The van der Waals surface area contributed by atoms with E-state index in [1.54, 1.807) is 18.7 Å². The zero-order valence-corrected chi connectivity index (χ0v) is 14.8. The Bertz CT molecular complexity index is 708. The fourth-order valence-electron chi connectivity index (χ4n) is 1.47. The molecular formula is C8H10Cl4N4O2Se. The maximum atomic E-state index is 11.7. The Balaban J connectivity index is 0.000000312. The van der Waals surface area contributed by atoms with Gasteiger partial charge in [-0.2, -0.15) is 0 Å². The molecule has 108 valence electrons. The van der Waals surface area contributed by atoms with Crippen molar-refractivity contribution in [3.05, 3.63) is 27.2 Å². The number of fused-ring (bicyclic) bond motifs is 1. The van der Waals surface area contributed by atoms with Crippen LogP contribution in [0.2, 0.25) is 0 Å². The van der Waals surface area contributed by atoms with Crippen molar-refractivity contribution < 1.29 is 0 Å². The Kier molecular flexibility index (Phi) is 5.40. The van der Waals surface area contributed by atoms with Crippen LogP contribution in [0, 0.1) is 0 Å². The molecule has 0 N–H and O–H groups in total. The second kappa shape index (κ2) is 6.08. The molecule has 0 spiro atoms. The molecule has 0 aliphatic rings. The molecule has 2 aromatic heterocycles. The number of rotatable bonds is 0. The number of imidazole rings is 1. The molecule has 19 heavy (non-hydrogen) atoms. The third-order valence-corrected chi connectivity index (χ3v) is 2.32. The molecule has 2 heterocycles. The van der Waals surface area contributed by atoms with E-state index in [4.69, 9.17) is 40.4 Å². The summed E-state index contributed by atoms with van der Waals surface area (Å²) in [6, 6.07) is 0. The molecule has 11 heteroatoms. The third kappa shape index (κ3) is 4.15. The molecule has 0 saturated heterocycles. The molecule has 0 atom stereocenters. The molecule has 0 aromatic carbocycles. The van der Waals surface area contributed by atoms with Crippen LogP contribution in [0.3, 0.4) is 0 Å². The summed E-state index contributed by atoms with van der Waals surface area (Å²) in [5.74, 6) is 0.